The van der Waals surface area contributed by atoms with Gasteiger partial charge < -0.3 is 19.4 Å². The van der Waals surface area contributed by atoms with Crippen LogP contribution in [0.4, 0.5) is 5.82 Å². The third kappa shape index (κ3) is 3.84. The van der Waals surface area contributed by atoms with Gasteiger partial charge in [-0.1, -0.05) is 18.2 Å². The Labute approximate surface area is 183 Å². The average molecular weight is 438 g/mol. The predicted octanol–water partition coefficient (Wildman–Crippen LogP) is 4.12. The molecule has 31 heavy (non-hydrogen) atoms. The summed E-state index contributed by atoms with van der Waals surface area (Å²) in [5.41, 5.74) is 1.71. The van der Waals surface area contributed by atoms with Gasteiger partial charge in [0.1, 0.15) is 39.5 Å². The molecule has 0 amide bonds. The summed E-state index contributed by atoms with van der Waals surface area (Å²) in [6.45, 7) is 3.99. The van der Waals surface area contributed by atoms with E-state index in [1.54, 1.807) is 20.2 Å². The van der Waals surface area contributed by atoms with Crippen LogP contribution in [0.2, 0.25) is 0 Å². The topological polar surface area (TPSA) is 91.2 Å². The first-order chi connectivity index (χ1) is 15.0. The molecule has 160 valence electrons. The van der Waals surface area contributed by atoms with Crippen molar-refractivity contribution in [3.63, 3.8) is 0 Å². The van der Waals surface area contributed by atoms with Crippen molar-refractivity contribution in [2.45, 2.75) is 19.9 Å². The molecule has 0 radical (unpaired) electrons. The zero-order valence-electron chi connectivity index (χ0n) is 17.7. The van der Waals surface area contributed by atoms with Gasteiger partial charge in [0.15, 0.2) is 0 Å². The smallest absolute Gasteiger partial charge is 0.348 e. The Hall–Kier alpha value is -3.46. The Balaban J connectivity index is 1.84. The van der Waals surface area contributed by atoms with Gasteiger partial charge in [-0.3, -0.25) is 0 Å². The lowest BCUT2D eigenvalue weighted by Crippen LogP contribution is -2.18. The number of fused-ring (bicyclic) bond motifs is 1. The number of rotatable bonds is 7. The number of aromatic nitrogens is 4. The molecule has 9 heteroatoms. The van der Waals surface area contributed by atoms with Gasteiger partial charge in [0.2, 0.25) is 0 Å². The second kappa shape index (κ2) is 8.73. The number of ether oxygens (including phenoxy) is 2. The van der Waals surface area contributed by atoms with E-state index in [2.05, 4.69) is 20.3 Å². The van der Waals surface area contributed by atoms with Gasteiger partial charge >= 0.3 is 5.97 Å². The predicted molar refractivity (Wildman–Crippen MR) is 120 cm³/mol. The second-order valence-electron chi connectivity index (χ2n) is 6.89. The van der Waals surface area contributed by atoms with Crippen LogP contribution in [0, 0.1) is 6.92 Å². The van der Waals surface area contributed by atoms with Crippen molar-refractivity contribution in [2.75, 3.05) is 19.0 Å². The van der Waals surface area contributed by atoms with E-state index in [0.29, 0.717) is 17.3 Å². The van der Waals surface area contributed by atoms with Crippen LogP contribution in [0.1, 0.15) is 39.6 Å². The van der Waals surface area contributed by atoms with Crippen LogP contribution >= 0.6 is 11.3 Å². The van der Waals surface area contributed by atoms with Crippen LogP contribution in [0.25, 0.3) is 10.2 Å². The number of methoxy groups -OCH3 is 1. The SMILES string of the molecule is CCOC(=O)c1sc2ncnc(NC(c3ccccc3OC)c3nccn3C)c2c1C. The van der Waals surface area contributed by atoms with Crippen molar-refractivity contribution in [2.24, 2.45) is 7.05 Å². The lowest BCUT2D eigenvalue weighted by Gasteiger charge is -2.22. The molecule has 1 unspecified atom stereocenters. The first kappa shape index (κ1) is 20.8. The summed E-state index contributed by atoms with van der Waals surface area (Å²) in [4.78, 5) is 27.1. The Bertz CT molecular complexity index is 1230. The summed E-state index contributed by atoms with van der Waals surface area (Å²) in [6, 6.07) is 7.46. The molecule has 0 aliphatic carbocycles. The number of thiophene rings is 1. The number of esters is 1. The van der Waals surface area contributed by atoms with E-state index >= 15 is 0 Å². The number of nitrogens with one attached hydrogen (secondary N) is 1. The fourth-order valence-corrected chi connectivity index (χ4v) is 4.59. The van der Waals surface area contributed by atoms with Crippen LogP contribution in [0.5, 0.6) is 5.75 Å². The van der Waals surface area contributed by atoms with E-state index < -0.39 is 0 Å². The van der Waals surface area contributed by atoms with Gasteiger partial charge in [0, 0.05) is 25.0 Å². The first-order valence-electron chi connectivity index (χ1n) is 9.83. The lowest BCUT2D eigenvalue weighted by molar-refractivity contribution is 0.0531. The summed E-state index contributed by atoms with van der Waals surface area (Å²) >= 11 is 1.31. The fraction of sp³-hybridized carbons (Fsp3) is 0.273. The van der Waals surface area contributed by atoms with Gasteiger partial charge in [-0.15, -0.1) is 11.3 Å². The quantitative estimate of drug-likeness (QED) is 0.435. The van der Waals surface area contributed by atoms with Crippen LogP contribution in [0.15, 0.2) is 43.0 Å². The zero-order chi connectivity index (χ0) is 22.0. The number of aryl methyl sites for hydroxylation is 2. The first-order valence-corrected chi connectivity index (χ1v) is 10.6. The molecule has 4 rings (SSSR count). The van der Waals surface area contributed by atoms with Crippen molar-refractivity contribution >= 4 is 33.3 Å². The summed E-state index contributed by atoms with van der Waals surface area (Å²) in [5, 5.41) is 4.32. The highest BCUT2D eigenvalue weighted by Crippen LogP contribution is 2.37. The highest BCUT2D eigenvalue weighted by atomic mass is 32.1. The van der Waals surface area contributed by atoms with E-state index in [-0.39, 0.29) is 12.0 Å². The van der Waals surface area contributed by atoms with Crippen molar-refractivity contribution in [1.82, 2.24) is 19.5 Å². The normalized spacial score (nSPS) is 12.0. The van der Waals surface area contributed by atoms with Crippen LogP contribution < -0.4 is 10.1 Å². The number of hydrogen-bond donors (Lipinski definition) is 1. The maximum atomic E-state index is 12.4. The molecule has 0 fully saturated rings. The Morgan fingerprint density at radius 3 is 2.77 bits per heavy atom. The van der Waals surface area contributed by atoms with E-state index in [0.717, 1.165) is 32.9 Å². The second-order valence-corrected chi connectivity index (χ2v) is 7.89. The molecule has 0 saturated heterocycles. The minimum atomic E-state index is -0.348. The van der Waals surface area contributed by atoms with E-state index in [4.69, 9.17) is 9.47 Å². The van der Waals surface area contributed by atoms with Crippen molar-refractivity contribution in [3.8, 4) is 5.75 Å². The largest absolute Gasteiger partial charge is 0.496 e. The van der Waals surface area contributed by atoms with Gasteiger partial charge in [-0.25, -0.2) is 19.7 Å². The summed E-state index contributed by atoms with van der Waals surface area (Å²) in [5.74, 6) is 1.81. The minimum absolute atomic E-state index is 0.318. The maximum absolute atomic E-state index is 12.4. The molecular formula is C22H23N5O3S. The zero-order valence-corrected chi connectivity index (χ0v) is 18.6. The number of imidazole rings is 1. The molecule has 0 bridgehead atoms. The molecule has 1 aromatic carbocycles. The molecular weight excluding hydrogens is 414 g/mol. The summed E-state index contributed by atoms with van der Waals surface area (Å²) < 4.78 is 12.8. The molecule has 0 aliphatic rings. The van der Waals surface area contributed by atoms with Crippen LogP contribution in [-0.2, 0) is 11.8 Å². The monoisotopic (exact) mass is 437 g/mol. The van der Waals surface area contributed by atoms with Crippen molar-refractivity contribution in [1.29, 1.82) is 0 Å². The van der Waals surface area contributed by atoms with Gasteiger partial charge in [-0.2, -0.15) is 0 Å². The molecule has 0 spiro atoms. The highest BCUT2D eigenvalue weighted by Gasteiger charge is 2.25. The molecule has 1 N–H and O–H groups in total. The molecule has 4 aromatic rings. The number of carbonyl (C=O) groups is 1. The third-order valence-corrected chi connectivity index (χ3v) is 6.22. The molecule has 8 nitrogen and oxygen atoms in total. The van der Waals surface area contributed by atoms with Crippen LogP contribution in [0.3, 0.4) is 0 Å². The number of anilines is 1. The van der Waals surface area contributed by atoms with Gasteiger partial charge in [-0.05, 0) is 25.5 Å². The van der Waals surface area contributed by atoms with Gasteiger partial charge in [0.05, 0.1) is 19.1 Å². The number of benzene rings is 1. The van der Waals surface area contributed by atoms with E-state index in [9.17, 15) is 4.79 Å². The molecule has 0 saturated carbocycles. The number of nitrogens with zero attached hydrogens (tertiary/aromatic N) is 4. The summed E-state index contributed by atoms with van der Waals surface area (Å²) in [7, 11) is 3.59. The summed E-state index contributed by atoms with van der Waals surface area (Å²) in [6.07, 6.45) is 5.14. The van der Waals surface area contributed by atoms with Gasteiger partial charge in [0.25, 0.3) is 0 Å². The lowest BCUT2D eigenvalue weighted by atomic mass is 10.0. The van der Waals surface area contributed by atoms with E-state index in [1.807, 2.05) is 49.0 Å². The van der Waals surface area contributed by atoms with Crippen molar-refractivity contribution < 1.29 is 14.3 Å². The fourth-order valence-electron chi connectivity index (χ4n) is 3.55. The molecule has 0 aliphatic heterocycles. The third-order valence-electron chi connectivity index (χ3n) is 5.04. The Morgan fingerprint density at radius 1 is 1.26 bits per heavy atom. The average Bonchev–Trinajstić information content (AvgIpc) is 3.35. The molecule has 3 aromatic heterocycles. The highest BCUT2D eigenvalue weighted by molar-refractivity contribution is 7.20. The van der Waals surface area contributed by atoms with Crippen molar-refractivity contribution in [3.05, 3.63) is 64.8 Å². The molecule has 3 heterocycles. The van der Waals surface area contributed by atoms with Crippen LogP contribution in [-0.4, -0.2) is 39.2 Å². The number of para-hydroxylation sites is 1. The number of carbonyl (C=O) groups excluding carboxylic acids is 1. The standard InChI is InChI=1S/C22H23N5O3S/c1-5-30-22(28)18-13(2)16-19(24-12-25-21(16)31-18)26-17(20-23-10-11-27(20)3)14-8-6-7-9-15(14)29-4/h6-12,17H,5H2,1-4H3,(H,24,25,26). The molecule has 1 atom stereocenters. The Morgan fingerprint density at radius 2 is 2.06 bits per heavy atom. The van der Waals surface area contributed by atoms with E-state index in [1.165, 1.54) is 17.7 Å². The minimum Gasteiger partial charge on any atom is -0.496 e. The maximum Gasteiger partial charge on any atom is 0.348 e. The Kier molecular flexibility index (Phi) is 5.85. The number of hydrogen-bond acceptors (Lipinski definition) is 8.